The zero-order valence-electron chi connectivity index (χ0n) is 10.5. The zero-order valence-corrected chi connectivity index (χ0v) is 11.3. The number of carbonyl (C=O) groups is 1. The minimum absolute atomic E-state index is 0.259. The fourth-order valence-corrected chi connectivity index (χ4v) is 3.37. The predicted molar refractivity (Wildman–Crippen MR) is 78.0 cm³/mol. The minimum Gasteiger partial charge on any atom is -0.397 e. The summed E-state index contributed by atoms with van der Waals surface area (Å²) in [5.41, 5.74) is 13.1. The molecular weight excluding hydrogens is 246 g/mol. The summed E-state index contributed by atoms with van der Waals surface area (Å²) in [4.78, 5) is 11.1. The maximum absolute atomic E-state index is 11.1. The van der Waals surface area contributed by atoms with Crippen molar-refractivity contribution in [2.45, 2.75) is 24.5 Å². The smallest absolute Gasteiger partial charge is 0.248 e. The predicted octanol–water partition coefficient (Wildman–Crippen LogP) is 2.07. The fourth-order valence-electron chi connectivity index (χ4n) is 2.12. The second kappa shape index (κ2) is 5.10. The number of thioether (sulfide) groups is 1. The molecule has 1 atom stereocenters. The van der Waals surface area contributed by atoms with E-state index < -0.39 is 5.91 Å². The molecule has 1 heterocycles. The van der Waals surface area contributed by atoms with E-state index in [1.165, 1.54) is 18.6 Å². The number of carbonyl (C=O) groups excluding carboxylic acids is 1. The van der Waals surface area contributed by atoms with Crippen molar-refractivity contribution >= 4 is 29.0 Å². The largest absolute Gasteiger partial charge is 0.397 e. The molecule has 0 aromatic heterocycles. The molecule has 1 aromatic carbocycles. The maximum Gasteiger partial charge on any atom is 0.248 e. The number of nitrogens with one attached hydrogen (secondary N) is 1. The van der Waals surface area contributed by atoms with Crippen LogP contribution in [0, 0.1) is 0 Å². The molecule has 0 aliphatic carbocycles. The number of nitrogens with two attached hydrogens (primary N) is 2. The van der Waals surface area contributed by atoms with Crippen LogP contribution < -0.4 is 16.8 Å². The molecule has 98 valence electrons. The van der Waals surface area contributed by atoms with Gasteiger partial charge in [-0.05, 0) is 43.7 Å². The Kier molecular flexibility index (Phi) is 3.71. The summed E-state index contributed by atoms with van der Waals surface area (Å²) in [6.07, 6.45) is 2.47. The van der Waals surface area contributed by atoms with Gasteiger partial charge in [0.15, 0.2) is 0 Å². The molecule has 18 heavy (non-hydrogen) atoms. The second-order valence-corrected chi connectivity index (χ2v) is 6.60. The molecule has 5 heteroatoms. The van der Waals surface area contributed by atoms with Gasteiger partial charge >= 0.3 is 0 Å². The van der Waals surface area contributed by atoms with E-state index in [0.29, 0.717) is 11.3 Å². The number of primary amides is 1. The Morgan fingerprint density at radius 1 is 1.56 bits per heavy atom. The van der Waals surface area contributed by atoms with Crippen molar-refractivity contribution in [1.29, 1.82) is 0 Å². The Balaban J connectivity index is 2.08. The molecule has 1 saturated heterocycles. The number of nitrogen functional groups attached to an aromatic ring is 1. The highest BCUT2D eigenvalue weighted by Gasteiger charge is 2.29. The summed E-state index contributed by atoms with van der Waals surface area (Å²) in [7, 11) is 0. The molecule has 4 nitrogen and oxygen atoms in total. The Morgan fingerprint density at radius 2 is 2.33 bits per heavy atom. The Bertz CT molecular complexity index is 456. The molecule has 0 saturated carbocycles. The molecule has 5 N–H and O–H groups in total. The Labute approximate surface area is 111 Å². The summed E-state index contributed by atoms with van der Waals surface area (Å²) in [5, 5.41) is 3.34. The van der Waals surface area contributed by atoms with Gasteiger partial charge in [0.1, 0.15) is 0 Å². The van der Waals surface area contributed by atoms with Gasteiger partial charge in [0.25, 0.3) is 0 Å². The van der Waals surface area contributed by atoms with Crippen LogP contribution in [-0.4, -0.2) is 23.0 Å². The van der Waals surface area contributed by atoms with Crippen molar-refractivity contribution < 1.29 is 4.79 Å². The van der Waals surface area contributed by atoms with Crippen molar-refractivity contribution in [3.63, 3.8) is 0 Å². The van der Waals surface area contributed by atoms with Gasteiger partial charge in [-0.1, -0.05) is 0 Å². The molecule has 1 amide bonds. The molecular formula is C13H19N3OS. The van der Waals surface area contributed by atoms with Crippen LogP contribution in [0.1, 0.15) is 30.1 Å². The normalized spacial score (nSPS) is 22.9. The van der Waals surface area contributed by atoms with Crippen molar-refractivity contribution in [2.24, 2.45) is 5.73 Å². The summed E-state index contributed by atoms with van der Waals surface area (Å²) in [6.45, 7) is 3.11. The third-order valence-corrected chi connectivity index (χ3v) is 4.83. The van der Waals surface area contributed by atoms with Gasteiger partial charge in [-0.3, -0.25) is 4.79 Å². The molecule has 0 spiro atoms. The number of rotatable bonds is 4. The summed E-state index contributed by atoms with van der Waals surface area (Å²) in [5.74, 6) is 0.786. The minimum atomic E-state index is -0.431. The van der Waals surface area contributed by atoms with Crippen molar-refractivity contribution in [2.75, 3.05) is 23.3 Å². The number of amides is 1. The molecule has 1 aromatic rings. The van der Waals surface area contributed by atoms with E-state index in [9.17, 15) is 4.79 Å². The zero-order chi connectivity index (χ0) is 13.2. The molecule has 1 unspecified atom stereocenters. The number of hydrogen-bond donors (Lipinski definition) is 3. The highest BCUT2D eigenvalue weighted by atomic mass is 32.2. The third-order valence-electron chi connectivity index (χ3n) is 3.29. The molecule has 1 aliphatic heterocycles. The van der Waals surface area contributed by atoms with Gasteiger partial charge in [0, 0.05) is 16.9 Å². The third kappa shape index (κ3) is 2.90. The van der Waals surface area contributed by atoms with Crippen molar-refractivity contribution in [3.05, 3.63) is 23.8 Å². The number of hydrogen-bond acceptors (Lipinski definition) is 4. The lowest BCUT2D eigenvalue weighted by Crippen LogP contribution is -2.27. The van der Waals surface area contributed by atoms with Crippen LogP contribution in [0.3, 0.4) is 0 Å². The summed E-state index contributed by atoms with van der Waals surface area (Å²) < 4.78 is 0.259. The van der Waals surface area contributed by atoms with E-state index in [1.54, 1.807) is 18.2 Å². The Morgan fingerprint density at radius 3 is 2.94 bits per heavy atom. The lowest BCUT2D eigenvalue weighted by atomic mass is 10.1. The van der Waals surface area contributed by atoms with E-state index in [4.69, 9.17) is 11.5 Å². The molecule has 0 bridgehead atoms. The standard InChI is InChI=1S/C13H19N3OS/c1-13(5-2-6-18-13)8-16-11-7-9(12(15)17)3-4-10(11)14/h3-4,7,16H,2,5-6,8,14H2,1H3,(H2,15,17). The first-order valence-electron chi connectivity index (χ1n) is 6.07. The highest BCUT2D eigenvalue weighted by molar-refractivity contribution is 8.00. The summed E-state index contributed by atoms with van der Waals surface area (Å²) >= 11 is 1.99. The first-order valence-corrected chi connectivity index (χ1v) is 7.06. The monoisotopic (exact) mass is 265 g/mol. The maximum atomic E-state index is 11.1. The van der Waals surface area contributed by atoms with Gasteiger partial charge in [0.05, 0.1) is 11.4 Å². The number of benzene rings is 1. The van der Waals surface area contributed by atoms with E-state index in [0.717, 1.165) is 12.2 Å². The van der Waals surface area contributed by atoms with Crippen LogP contribution in [0.25, 0.3) is 0 Å². The quantitative estimate of drug-likeness (QED) is 0.728. The van der Waals surface area contributed by atoms with Gasteiger partial charge in [-0.25, -0.2) is 0 Å². The van der Waals surface area contributed by atoms with Crippen LogP contribution in [0.15, 0.2) is 18.2 Å². The second-order valence-electron chi connectivity index (χ2n) is 4.92. The van der Waals surface area contributed by atoms with Crippen LogP contribution in [0.2, 0.25) is 0 Å². The lowest BCUT2D eigenvalue weighted by molar-refractivity contribution is 0.100. The van der Waals surface area contributed by atoms with E-state index >= 15 is 0 Å². The molecule has 0 radical (unpaired) electrons. The van der Waals surface area contributed by atoms with Gasteiger partial charge in [-0.15, -0.1) is 0 Å². The topological polar surface area (TPSA) is 81.1 Å². The Hall–Kier alpha value is -1.36. The van der Waals surface area contributed by atoms with Crippen molar-refractivity contribution in [1.82, 2.24) is 0 Å². The van der Waals surface area contributed by atoms with Crippen molar-refractivity contribution in [3.8, 4) is 0 Å². The van der Waals surface area contributed by atoms with Crippen LogP contribution in [0.5, 0.6) is 0 Å². The van der Waals surface area contributed by atoms with Crippen LogP contribution in [0.4, 0.5) is 11.4 Å². The van der Waals surface area contributed by atoms with Crippen LogP contribution in [-0.2, 0) is 0 Å². The summed E-state index contributed by atoms with van der Waals surface area (Å²) in [6, 6.07) is 5.09. The average Bonchev–Trinajstić information content (AvgIpc) is 2.75. The van der Waals surface area contributed by atoms with Gasteiger partial charge in [0.2, 0.25) is 5.91 Å². The lowest BCUT2D eigenvalue weighted by Gasteiger charge is -2.24. The fraction of sp³-hybridized carbons (Fsp3) is 0.462. The number of anilines is 2. The SMILES string of the molecule is CC1(CNc2cc(C(N)=O)ccc2N)CCCS1. The molecule has 2 rings (SSSR count). The highest BCUT2D eigenvalue weighted by Crippen LogP contribution is 2.38. The molecule has 1 aliphatic rings. The van der Waals surface area contributed by atoms with E-state index in [2.05, 4.69) is 12.2 Å². The first-order chi connectivity index (χ1) is 8.50. The van der Waals surface area contributed by atoms with Gasteiger partial charge < -0.3 is 16.8 Å². The van der Waals surface area contributed by atoms with Gasteiger partial charge in [-0.2, -0.15) is 11.8 Å². The van der Waals surface area contributed by atoms with E-state index in [1.807, 2.05) is 11.8 Å². The first kappa shape index (κ1) is 13.1. The van der Waals surface area contributed by atoms with Crippen LogP contribution >= 0.6 is 11.8 Å². The average molecular weight is 265 g/mol. The van der Waals surface area contributed by atoms with E-state index in [-0.39, 0.29) is 4.75 Å². The molecule has 1 fully saturated rings.